The summed E-state index contributed by atoms with van der Waals surface area (Å²) in [4.78, 5) is 28.7. The number of piperidine rings is 1. The number of rotatable bonds is 4. The van der Waals surface area contributed by atoms with Gasteiger partial charge < -0.3 is 10.0 Å². The van der Waals surface area contributed by atoms with Crippen molar-refractivity contribution in [3.8, 4) is 10.6 Å². The van der Waals surface area contributed by atoms with Crippen LogP contribution in [0.2, 0.25) is 0 Å². The molecule has 8 heteroatoms. The van der Waals surface area contributed by atoms with Crippen LogP contribution in [0.15, 0.2) is 18.2 Å². The summed E-state index contributed by atoms with van der Waals surface area (Å²) in [6.45, 7) is 3.26. The molecule has 0 saturated carbocycles. The normalized spacial score (nSPS) is 14.6. The molecule has 2 aromatic rings. The van der Waals surface area contributed by atoms with Gasteiger partial charge in [-0.25, -0.2) is 9.78 Å². The van der Waals surface area contributed by atoms with E-state index < -0.39 is 5.97 Å². The third-order valence-electron chi connectivity index (χ3n) is 4.11. The lowest BCUT2D eigenvalue weighted by Gasteiger charge is -2.28. The zero-order valence-corrected chi connectivity index (χ0v) is 14.0. The highest BCUT2D eigenvalue weighted by molar-refractivity contribution is 7.17. The summed E-state index contributed by atoms with van der Waals surface area (Å²) in [5, 5.41) is 21.1. The largest absolute Gasteiger partial charge is 0.477 e. The van der Waals surface area contributed by atoms with Crippen LogP contribution in [0.1, 0.15) is 34.6 Å². The van der Waals surface area contributed by atoms with Gasteiger partial charge in [-0.05, 0) is 38.3 Å². The molecule has 0 radical (unpaired) electrons. The van der Waals surface area contributed by atoms with Crippen LogP contribution < -0.4 is 4.90 Å². The Morgan fingerprint density at radius 3 is 2.62 bits per heavy atom. The van der Waals surface area contributed by atoms with Crippen LogP contribution in [0.25, 0.3) is 10.6 Å². The van der Waals surface area contributed by atoms with Gasteiger partial charge in [0.2, 0.25) is 0 Å². The first-order valence-corrected chi connectivity index (χ1v) is 8.53. The molecule has 1 aromatic heterocycles. The second kappa shape index (κ2) is 6.56. The minimum Gasteiger partial charge on any atom is -0.477 e. The van der Waals surface area contributed by atoms with E-state index in [4.69, 9.17) is 5.11 Å². The highest BCUT2D eigenvalue weighted by Gasteiger charge is 2.23. The quantitative estimate of drug-likeness (QED) is 0.669. The Hall–Kier alpha value is -2.48. The summed E-state index contributed by atoms with van der Waals surface area (Å²) in [6, 6.07) is 5.02. The Morgan fingerprint density at radius 1 is 1.33 bits per heavy atom. The average molecular weight is 347 g/mol. The molecular formula is C16H17N3O4S. The zero-order chi connectivity index (χ0) is 17.3. The first-order valence-electron chi connectivity index (χ1n) is 7.72. The molecule has 0 unspecified atom stereocenters. The number of aromatic carboxylic acids is 1. The van der Waals surface area contributed by atoms with E-state index in [9.17, 15) is 14.9 Å². The van der Waals surface area contributed by atoms with E-state index in [2.05, 4.69) is 4.98 Å². The molecule has 0 spiro atoms. The van der Waals surface area contributed by atoms with Gasteiger partial charge in [0.1, 0.15) is 15.6 Å². The lowest BCUT2D eigenvalue weighted by atomic mass is 10.1. The summed E-state index contributed by atoms with van der Waals surface area (Å²) in [7, 11) is 0. The summed E-state index contributed by atoms with van der Waals surface area (Å²) in [5.41, 5.74) is 1.66. The number of nitro groups is 1. The van der Waals surface area contributed by atoms with Gasteiger partial charge in [-0.3, -0.25) is 10.1 Å². The molecular weight excluding hydrogens is 330 g/mol. The Balaban J connectivity index is 2.01. The number of hydrogen-bond donors (Lipinski definition) is 1. The highest BCUT2D eigenvalue weighted by Crippen LogP contribution is 2.36. The Labute approximate surface area is 142 Å². The molecule has 3 rings (SSSR count). The first-order chi connectivity index (χ1) is 11.5. The monoisotopic (exact) mass is 347 g/mol. The van der Waals surface area contributed by atoms with Crippen LogP contribution >= 0.6 is 11.3 Å². The summed E-state index contributed by atoms with van der Waals surface area (Å²) in [5.74, 6) is -1.03. The zero-order valence-electron chi connectivity index (χ0n) is 13.2. The number of aryl methyl sites for hydroxylation is 1. The van der Waals surface area contributed by atoms with Gasteiger partial charge in [0, 0.05) is 24.7 Å². The first kappa shape index (κ1) is 16.4. The molecule has 2 heterocycles. The van der Waals surface area contributed by atoms with Crippen molar-refractivity contribution in [2.45, 2.75) is 26.2 Å². The Morgan fingerprint density at radius 2 is 2.04 bits per heavy atom. The predicted octanol–water partition coefficient (Wildman–Crippen LogP) is 3.72. The van der Waals surface area contributed by atoms with Crippen molar-refractivity contribution in [3.63, 3.8) is 0 Å². The molecule has 1 saturated heterocycles. The van der Waals surface area contributed by atoms with Crippen LogP contribution in [0.3, 0.4) is 0 Å². The molecule has 0 amide bonds. The topological polar surface area (TPSA) is 96.6 Å². The number of nitrogens with zero attached hydrogens (tertiary/aromatic N) is 3. The maximum atomic E-state index is 11.5. The molecule has 126 valence electrons. The minimum atomic E-state index is -1.03. The molecule has 1 fully saturated rings. The number of hydrogen-bond acceptors (Lipinski definition) is 6. The third-order valence-corrected chi connectivity index (χ3v) is 5.30. The van der Waals surface area contributed by atoms with Crippen molar-refractivity contribution in [2.24, 2.45) is 0 Å². The molecule has 1 aromatic carbocycles. The van der Waals surface area contributed by atoms with Crippen molar-refractivity contribution in [1.82, 2.24) is 4.98 Å². The van der Waals surface area contributed by atoms with Crippen molar-refractivity contribution >= 4 is 28.7 Å². The van der Waals surface area contributed by atoms with Gasteiger partial charge >= 0.3 is 5.97 Å². The third kappa shape index (κ3) is 3.09. The van der Waals surface area contributed by atoms with Crippen LogP contribution in [0.4, 0.5) is 11.4 Å². The van der Waals surface area contributed by atoms with E-state index in [1.807, 2.05) is 4.90 Å². The fraction of sp³-hybridized carbons (Fsp3) is 0.375. The fourth-order valence-corrected chi connectivity index (χ4v) is 3.82. The van der Waals surface area contributed by atoms with Gasteiger partial charge in [0.15, 0.2) is 0 Å². The van der Waals surface area contributed by atoms with E-state index in [1.54, 1.807) is 19.1 Å². The van der Waals surface area contributed by atoms with E-state index in [1.165, 1.54) is 6.07 Å². The highest BCUT2D eigenvalue weighted by atomic mass is 32.1. The number of anilines is 1. The number of carboxylic acids is 1. The molecule has 0 aliphatic carbocycles. The summed E-state index contributed by atoms with van der Waals surface area (Å²) < 4.78 is 0. The van der Waals surface area contributed by atoms with E-state index in [0.29, 0.717) is 22.0 Å². The van der Waals surface area contributed by atoms with Gasteiger partial charge in [-0.15, -0.1) is 11.3 Å². The van der Waals surface area contributed by atoms with Gasteiger partial charge in [-0.1, -0.05) is 0 Å². The standard InChI is InChI=1S/C16H17N3O4S/c1-10-14(16(20)21)24-15(17-10)11-5-6-12(13(9-11)19(22)23)18-7-3-2-4-8-18/h5-6,9H,2-4,7-8H2,1H3,(H,20,21). The second-order valence-electron chi connectivity index (χ2n) is 5.75. The molecule has 1 N–H and O–H groups in total. The van der Waals surface area contributed by atoms with E-state index in [0.717, 1.165) is 43.7 Å². The number of aromatic nitrogens is 1. The lowest BCUT2D eigenvalue weighted by molar-refractivity contribution is -0.384. The van der Waals surface area contributed by atoms with Crippen molar-refractivity contribution < 1.29 is 14.8 Å². The van der Waals surface area contributed by atoms with Gasteiger partial charge in [0.25, 0.3) is 5.69 Å². The van der Waals surface area contributed by atoms with Gasteiger partial charge in [-0.2, -0.15) is 0 Å². The number of nitro benzene ring substituents is 1. The van der Waals surface area contributed by atoms with Crippen LogP contribution in [0, 0.1) is 17.0 Å². The smallest absolute Gasteiger partial charge is 0.347 e. The SMILES string of the molecule is Cc1nc(-c2ccc(N3CCCCC3)c([N+](=O)[O-])c2)sc1C(=O)O. The number of benzene rings is 1. The minimum absolute atomic E-state index is 0.0409. The average Bonchev–Trinajstić information content (AvgIpc) is 2.97. The van der Waals surface area contributed by atoms with Crippen LogP contribution in [-0.4, -0.2) is 34.1 Å². The molecule has 1 aliphatic rings. The Bertz CT molecular complexity index is 797. The number of thiazole rings is 1. The van der Waals surface area contributed by atoms with E-state index >= 15 is 0 Å². The summed E-state index contributed by atoms with van der Waals surface area (Å²) in [6.07, 6.45) is 3.22. The van der Waals surface area contributed by atoms with Gasteiger partial charge in [0.05, 0.1) is 10.6 Å². The Kier molecular flexibility index (Phi) is 4.48. The number of carboxylic acid groups (broad SMARTS) is 1. The maximum Gasteiger partial charge on any atom is 0.347 e. The van der Waals surface area contributed by atoms with Crippen molar-refractivity contribution in [3.05, 3.63) is 38.9 Å². The molecule has 7 nitrogen and oxygen atoms in total. The van der Waals surface area contributed by atoms with Crippen LogP contribution in [-0.2, 0) is 0 Å². The molecule has 1 aliphatic heterocycles. The number of carbonyl (C=O) groups is 1. The van der Waals surface area contributed by atoms with Crippen molar-refractivity contribution in [2.75, 3.05) is 18.0 Å². The predicted molar refractivity (Wildman–Crippen MR) is 92.0 cm³/mol. The van der Waals surface area contributed by atoms with E-state index in [-0.39, 0.29) is 15.5 Å². The molecule has 0 atom stereocenters. The lowest BCUT2D eigenvalue weighted by Crippen LogP contribution is -2.29. The maximum absolute atomic E-state index is 11.5. The summed E-state index contributed by atoms with van der Waals surface area (Å²) >= 11 is 1.04. The van der Waals surface area contributed by atoms with Crippen LogP contribution in [0.5, 0.6) is 0 Å². The molecule has 24 heavy (non-hydrogen) atoms. The van der Waals surface area contributed by atoms with Crippen molar-refractivity contribution in [1.29, 1.82) is 0 Å². The molecule has 0 bridgehead atoms. The fourth-order valence-electron chi connectivity index (χ4n) is 2.92. The second-order valence-corrected chi connectivity index (χ2v) is 6.75.